The van der Waals surface area contributed by atoms with Gasteiger partial charge in [-0.2, -0.15) is 0 Å². The van der Waals surface area contributed by atoms with Gasteiger partial charge in [-0.1, -0.05) is 46.8 Å². The van der Waals surface area contributed by atoms with Crippen LogP contribution in [-0.4, -0.2) is 27.8 Å². The third-order valence-corrected chi connectivity index (χ3v) is 5.74. The van der Waals surface area contributed by atoms with Gasteiger partial charge < -0.3 is 10.6 Å². The molecule has 0 spiro atoms. The molecule has 3 aromatic rings. The first-order chi connectivity index (χ1) is 13.5. The predicted octanol–water partition coefficient (Wildman–Crippen LogP) is 3.99. The highest BCUT2D eigenvalue weighted by atomic mass is 35.5. The quantitative estimate of drug-likeness (QED) is 0.547. The van der Waals surface area contributed by atoms with E-state index in [-0.39, 0.29) is 22.5 Å². The van der Waals surface area contributed by atoms with Gasteiger partial charge in [-0.3, -0.25) is 9.59 Å². The van der Waals surface area contributed by atoms with E-state index >= 15 is 0 Å². The molecule has 2 N–H and O–H groups in total. The molecule has 0 aliphatic carbocycles. The Morgan fingerprint density at radius 3 is 2.50 bits per heavy atom. The summed E-state index contributed by atoms with van der Waals surface area (Å²) < 4.78 is 13.4. The van der Waals surface area contributed by atoms with Crippen molar-refractivity contribution in [3.63, 3.8) is 0 Å². The second-order valence-corrected chi connectivity index (χ2v) is 8.16. The topological polar surface area (TPSA) is 84.0 Å². The summed E-state index contributed by atoms with van der Waals surface area (Å²) in [4.78, 5) is 24.1. The van der Waals surface area contributed by atoms with Crippen molar-refractivity contribution >= 4 is 52.2 Å². The Bertz CT molecular complexity index is 964. The lowest BCUT2D eigenvalue weighted by Crippen LogP contribution is -2.24. The summed E-state index contributed by atoms with van der Waals surface area (Å²) in [6.45, 7) is 0.401. The van der Waals surface area contributed by atoms with Crippen molar-refractivity contribution < 1.29 is 14.0 Å². The molecule has 10 heteroatoms. The number of aromatic nitrogens is 2. The van der Waals surface area contributed by atoms with Crippen LogP contribution < -0.4 is 10.6 Å². The number of halogens is 2. The number of amides is 2. The predicted molar refractivity (Wildman–Crippen MR) is 108 cm³/mol. The number of nitrogens with one attached hydrogen (secondary N) is 2. The fourth-order valence-electron chi connectivity index (χ4n) is 2.06. The van der Waals surface area contributed by atoms with E-state index in [4.69, 9.17) is 11.6 Å². The van der Waals surface area contributed by atoms with Crippen molar-refractivity contribution in [2.24, 2.45) is 0 Å². The minimum atomic E-state index is -0.442. The molecule has 28 heavy (non-hydrogen) atoms. The van der Waals surface area contributed by atoms with Crippen LogP contribution in [0.1, 0.15) is 15.4 Å². The van der Waals surface area contributed by atoms with Crippen LogP contribution in [0.25, 0.3) is 0 Å². The number of anilines is 1. The van der Waals surface area contributed by atoms with Crippen LogP contribution in [0.4, 0.5) is 10.1 Å². The average Bonchev–Trinajstić information content (AvgIpc) is 3.17. The SMILES string of the molecule is O=C(CSc1nnc(C(=O)Nc2ccc(F)cc2)s1)NCc1ccc(Cl)cc1. The van der Waals surface area contributed by atoms with Crippen LogP contribution >= 0.6 is 34.7 Å². The van der Waals surface area contributed by atoms with E-state index in [2.05, 4.69) is 20.8 Å². The molecule has 0 aliphatic heterocycles. The normalized spacial score (nSPS) is 10.5. The van der Waals surface area contributed by atoms with Crippen molar-refractivity contribution in [3.05, 3.63) is 69.9 Å². The molecule has 0 radical (unpaired) electrons. The molecule has 1 aromatic heterocycles. The largest absolute Gasteiger partial charge is 0.351 e. The molecule has 144 valence electrons. The number of carbonyl (C=O) groups excluding carboxylic acids is 2. The van der Waals surface area contributed by atoms with Gasteiger partial charge >= 0.3 is 0 Å². The molecule has 0 saturated heterocycles. The van der Waals surface area contributed by atoms with E-state index in [9.17, 15) is 14.0 Å². The van der Waals surface area contributed by atoms with E-state index in [0.717, 1.165) is 16.9 Å². The minimum absolute atomic E-state index is 0.155. The fourth-order valence-corrected chi connectivity index (χ4v) is 3.76. The Labute approximate surface area is 173 Å². The summed E-state index contributed by atoms with van der Waals surface area (Å²) in [5.74, 6) is -0.834. The van der Waals surface area contributed by atoms with Crippen LogP contribution in [0.5, 0.6) is 0 Å². The number of carbonyl (C=O) groups is 2. The number of thioether (sulfide) groups is 1. The molecule has 2 aromatic carbocycles. The lowest BCUT2D eigenvalue weighted by atomic mass is 10.2. The van der Waals surface area contributed by atoms with Crippen molar-refractivity contribution in [1.29, 1.82) is 0 Å². The minimum Gasteiger partial charge on any atom is -0.351 e. The zero-order valence-electron chi connectivity index (χ0n) is 14.3. The molecule has 3 rings (SSSR count). The summed E-state index contributed by atoms with van der Waals surface area (Å²) in [5.41, 5.74) is 1.40. The van der Waals surface area contributed by atoms with Gasteiger partial charge in [0.25, 0.3) is 5.91 Å². The Hall–Kier alpha value is -2.49. The van der Waals surface area contributed by atoms with Crippen LogP contribution in [-0.2, 0) is 11.3 Å². The van der Waals surface area contributed by atoms with Crippen LogP contribution in [0, 0.1) is 5.82 Å². The van der Waals surface area contributed by atoms with Gasteiger partial charge in [0.05, 0.1) is 5.75 Å². The number of rotatable bonds is 7. The molecule has 6 nitrogen and oxygen atoms in total. The average molecular weight is 437 g/mol. The first-order valence-corrected chi connectivity index (χ1v) is 10.2. The summed E-state index contributed by atoms with van der Waals surface area (Å²) in [6.07, 6.45) is 0. The summed E-state index contributed by atoms with van der Waals surface area (Å²) in [6, 6.07) is 12.6. The van der Waals surface area contributed by atoms with E-state index < -0.39 is 5.91 Å². The molecule has 1 heterocycles. The Morgan fingerprint density at radius 1 is 1.07 bits per heavy atom. The lowest BCUT2D eigenvalue weighted by molar-refractivity contribution is -0.118. The van der Waals surface area contributed by atoms with Gasteiger partial charge in [-0.15, -0.1) is 10.2 Å². The van der Waals surface area contributed by atoms with Gasteiger partial charge in [0.2, 0.25) is 10.9 Å². The first-order valence-electron chi connectivity index (χ1n) is 8.04. The highest BCUT2D eigenvalue weighted by Gasteiger charge is 2.14. The number of benzene rings is 2. The van der Waals surface area contributed by atoms with Crippen molar-refractivity contribution in [3.8, 4) is 0 Å². The Morgan fingerprint density at radius 2 is 1.79 bits per heavy atom. The highest BCUT2D eigenvalue weighted by Crippen LogP contribution is 2.23. The molecule has 2 amide bonds. The molecule has 0 bridgehead atoms. The smallest absolute Gasteiger partial charge is 0.286 e. The van der Waals surface area contributed by atoms with E-state index in [1.165, 1.54) is 36.0 Å². The van der Waals surface area contributed by atoms with Crippen molar-refractivity contribution in [2.45, 2.75) is 10.9 Å². The van der Waals surface area contributed by atoms with E-state index in [1.54, 1.807) is 12.1 Å². The van der Waals surface area contributed by atoms with Crippen LogP contribution in [0.15, 0.2) is 52.9 Å². The second kappa shape index (κ2) is 9.63. The van der Waals surface area contributed by atoms with Gasteiger partial charge in [0.1, 0.15) is 5.82 Å². The Kier molecular flexibility index (Phi) is 6.96. The first kappa shape index (κ1) is 20.2. The zero-order chi connectivity index (χ0) is 19.9. The summed E-state index contributed by atoms with van der Waals surface area (Å²) >= 11 is 8.10. The molecule has 0 unspecified atom stereocenters. The number of nitrogens with zero attached hydrogens (tertiary/aromatic N) is 2. The summed E-state index contributed by atoms with van der Waals surface area (Å²) in [7, 11) is 0. The summed E-state index contributed by atoms with van der Waals surface area (Å²) in [5, 5.41) is 13.9. The maximum atomic E-state index is 12.9. The third-order valence-electron chi connectivity index (χ3n) is 3.43. The molecule has 0 atom stereocenters. The standard InChI is InChI=1S/C18H14ClFN4O2S2/c19-12-3-1-11(2-4-12)9-21-15(25)10-27-18-24-23-17(28-18)16(26)22-14-7-5-13(20)6-8-14/h1-8H,9-10H2,(H,21,25)(H,22,26). The highest BCUT2D eigenvalue weighted by molar-refractivity contribution is 8.01. The maximum absolute atomic E-state index is 12.9. The molecule has 0 aliphatic rings. The second-order valence-electron chi connectivity index (χ2n) is 5.53. The molecule has 0 fully saturated rings. The zero-order valence-corrected chi connectivity index (χ0v) is 16.7. The number of hydrogen-bond donors (Lipinski definition) is 2. The van der Waals surface area contributed by atoms with E-state index in [1.807, 2.05) is 12.1 Å². The van der Waals surface area contributed by atoms with Crippen LogP contribution in [0.2, 0.25) is 5.02 Å². The molecular weight excluding hydrogens is 423 g/mol. The lowest BCUT2D eigenvalue weighted by Gasteiger charge is -2.04. The van der Waals surface area contributed by atoms with Gasteiger partial charge in [-0.25, -0.2) is 4.39 Å². The molecular formula is C18H14ClFN4O2S2. The maximum Gasteiger partial charge on any atom is 0.286 e. The fraction of sp³-hybridized carbons (Fsp3) is 0.111. The Balaban J connectivity index is 1.45. The van der Waals surface area contributed by atoms with Gasteiger partial charge in [0.15, 0.2) is 4.34 Å². The van der Waals surface area contributed by atoms with Gasteiger partial charge in [-0.05, 0) is 42.0 Å². The monoisotopic (exact) mass is 436 g/mol. The number of hydrogen-bond acceptors (Lipinski definition) is 6. The van der Waals surface area contributed by atoms with Gasteiger partial charge in [0, 0.05) is 17.3 Å². The molecule has 0 saturated carbocycles. The third kappa shape index (κ3) is 6.01. The van der Waals surface area contributed by atoms with Crippen molar-refractivity contribution in [1.82, 2.24) is 15.5 Å². The van der Waals surface area contributed by atoms with E-state index in [0.29, 0.717) is 21.6 Å². The van der Waals surface area contributed by atoms with Crippen LogP contribution in [0.3, 0.4) is 0 Å². The van der Waals surface area contributed by atoms with Crippen molar-refractivity contribution in [2.75, 3.05) is 11.1 Å².